The number of carboxylic acid groups (broad SMARTS) is 1. The van der Waals surface area contributed by atoms with Gasteiger partial charge >= 0.3 is 5.97 Å². The summed E-state index contributed by atoms with van der Waals surface area (Å²) in [5, 5.41) is 23.1. The summed E-state index contributed by atoms with van der Waals surface area (Å²) in [4.78, 5) is 21.4. The number of nitrogens with one attached hydrogen (secondary N) is 1. The van der Waals surface area contributed by atoms with Crippen LogP contribution in [0.2, 0.25) is 0 Å². The largest absolute Gasteiger partial charge is 0.478 e. The van der Waals surface area contributed by atoms with Crippen LogP contribution in [0, 0.1) is 16.0 Å². The second kappa shape index (κ2) is 5.90. The van der Waals surface area contributed by atoms with Crippen LogP contribution in [-0.4, -0.2) is 22.0 Å². The molecule has 0 saturated heterocycles. The molecule has 2 rings (SSSR count). The summed E-state index contributed by atoms with van der Waals surface area (Å²) in [6.45, 7) is 2.21. The monoisotopic (exact) mass is 278 g/mol. The van der Waals surface area contributed by atoms with E-state index in [1.54, 1.807) is 0 Å². The molecule has 0 aromatic heterocycles. The molecule has 0 amide bonds. The van der Waals surface area contributed by atoms with Crippen molar-refractivity contribution in [3.05, 3.63) is 33.9 Å². The van der Waals surface area contributed by atoms with Crippen molar-refractivity contribution >= 4 is 17.3 Å². The molecule has 20 heavy (non-hydrogen) atoms. The summed E-state index contributed by atoms with van der Waals surface area (Å²) in [5.74, 6) is -0.455. The SMILES string of the molecule is CC1CCC(Nc2ccc(C(=O)O)cc2[N+](=O)[O-])CC1. The number of anilines is 1. The number of aromatic carboxylic acids is 1. The molecule has 0 heterocycles. The molecule has 0 atom stereocenters. The Hall–Kier alpha value is -2.11. The first-order chi connectivity index (χ1) is 9.47. The van der Waals surface area contributed by atoms with E-state index in [1.807, 2.05) is 0 Å². The van der Waals surface area contributed by atoms with E-state index in [2.05, 4.69) is 12.2 Å². The topological polar surface area (TPSA) is 92.5 Å². The summed E-state index contributed by atoms with van der Waals surface area (Å²) < 4.78 is 0. The van der Waals surface area contributed by atoms with Crippen LogP contribution in [0.4, 0.5) is 11.4 Å². The zero-order chi connectivity index (χ0) is 14.7. The normalized spacial score (nSPS) is 22.2. The highest BCUT2D eigenvalue weighted by Gasteiger charge is 2.22. The van der Waals surface area contributed by atoms with Crippen LogP contribution in [0.15, 0.2) is 18.2 Å². The molecule has 1 saturated carbocycles. The predicted octanol–water partition coefficient (Wildman–Crippen LogP) is 3.28. The molecular weight excluding hydrogens is 260 g/mol. The van der Waals surface area contributed by atoms with Crippen LogP contribution >= 0.6 is 0 Å². The molecule has 0 spiro atoms. The second-order valence-corrected chi connectivity index (χ2v) is 5.40. The number of benzene rings is 1. The van der Waals surface area contributed by atoms with E-state index in [0.717, 1.165) is 31.7 Å². The molecule has 0 aliphatic heterocycles. The lowest BCUT2D eigenvalue weighted by Crippen LogP contribution is -2.25. The maximum Gasteiger partial charge on any atom is 0.335 e. The average Bonchev–Trinajstić information content (AvgIpc) is 2.41. The summed E-state index contributed by atoms with van der Waals surface area (Å²) in [7, 11) is 0. The number of nitro groups is 1. The summed E-state index contributed by atoms with van der Waals surface area (Å²) in [6, 6.07) is 4.21. The van der Waals surface area contributed by atoms with Crippen LogP contribution in [0.3, 0.4) is 0 Å². The molecule has 1 aliphatic carbocycles. The van der Waals surface area contributed by atoms with E-state index >= 15 is 0 Å². The number of hydrogen-bond acceptors (Lipinski definition) is 4. The van der Waals surface area contributed by atoms with Crippen molar-refractivity contribution in [2.45, 2.75) is 38.6 Å². The number of carboxylic acids is 1. The molecule has 1 aliphatic rings. The van der Waals surface area contributed by atoms with E-state index in [4.69, 9.17) is 5.11 Å². The molecule has 0 bridgehead atoms. The maximum absolute atomic E-state index is 11.1. The first-order valence-corrected chi connectivity index (χ1v) is 6.75. The Bertz CT molecular complexity index is 522. The number of carbonyl (C=O) groups is 1. The van der Waals surface area contributed by atoms with Crippen molar-refractivity contribution in [1.82, 2.24) is 0 Å². The van der Waals surface area contributed by atoms with Gasteiger partial charge in [-0.3, -0.25) is 10.1 Å². The minimum atomic E-state index is -1.16. The fourth-order valence-corrected chi connectivity index (χ4v) is 2.56. The van der Waals surface area contributed by atoms with Crippen LogP contribution in [-0.2, 0) is 0 Å². The van der Waals surface area contributed by atoms with Crippen molar-refractivity contribution < 1.29 is 14.8 Å². The highest BCUT2D eigenvalue weighted by molar-refractivity contribution is 5.89. The van der Waals surface area contributed by atoms with Crippen LogP contribution < -0.4 is 5.32 Å². The zero-order valence-corrected chi connectivity index (χ0v) is 11.3. The van der Waals surface area contributed by atoms with Crippen LogP contribution in [0.25, 0.3) is 0 Å². The van der Waals surface area contributed by atoms with Gasteiger partial charge in [0, 0.05) is 12.1 Å². The molecule has 1 fully saturated rings. The Labute approximate surface area is 117 Å². The fraction of sp³-hybridized carbons (Fsp3) is 0.500. The number of rotatable bonds is 4. The van der Waals surface area contributed by atoms with E-state index in [1.165, 1.54) is 12.1 Å². The average molecular weight is 278 g/mol. The molecule has 108 valence electrons. The Morgan fingerprint density at radius 1 is 1.35 bits per heavy atom. The second-order valence-electron chi connectivity index (χ2n) is 5.40. The first-order valence-electron chi connectivity index (χ1n) is 6.75. The Morgan fingerprint density at radius 2 is 2.00 bits per heavy atom. The van der Waals surface area contributed by atoms with Crippen molar-refractivity contribution in [2.24, 2.45) is 5.92 Å². The molecule has 6 nitrogen and oxygen atoms in total. The molecule has 0 unspecified atom stereocenters. The zero-order valence-electron chi connectivity index (χ0n) is 11.3. The van der Waals surface area contributed by atoms with Gasteiger partial charge in [0.25, 0.3) is 5.69 Å². The number of hydrogen-bond donors (Lipinski definition) is 2. The Balaban J connectivity index is 2.18. The van der Waals surface area contributed by atoms with Crippen molar-refractivity contribution in [1.29, 1.82) is 0 Å². The van der Waals surface area contributed by atoms with Gasteiger partial charge in [-0.2, -0.15) is 0 Å². The van der Waals surface area contributed by atoms with Gasteiger partial charge in [0.05, 0.1) is 10.5 Å². The molecule has 1 aromatic rings. The van der Waals surface area contributed by atoms with Crippen LogP contribution in [0.1, 0.15) is 43.0 Å². The molecule has 0 radical (unpaired) electrons. The van der Waals surface area contributed by atoms with Crippen molar-refractivity contribution in [3.63, 3.8) is 0 Å². The van der Waals surface area contributed by atoms with Gasteiger partial charge in [-0.15, -0.1) is 0 Å². The lowest BCUT2D eigenvalue weighted by Gasteiger charge is -2.27. The number of nitrogens with zero attached hydrogens (tertiary/aromatic N) is 1. The van der Waals surface area contributed by atoms with E-state index in [0.29, 0.717) is 11.6 Å². The molecule has 2 N–H and O–H groups in total. The fourth-order valence-electron chi connectivity index (χ4n) is 2.56. The molecular formula is C14H18N2O4. The summed E-state index contributed by atoms with van der Waals surface area (Å²) in [5.41, 5.74) is 0.155. The summed E-state index contributed by atoms with van der Waals surface area (Å²) in [6.07, 6.45) is 4.19. The molecule has 1 aromatic carbocycles. The van der Waals surface area contributed by atoms with Gasteiger partial charge in [0.15, 0.2) is 0 Å². The molecule has 6 heteroatoms. The lowest BCUT2D eigenvalue weighted by molar-refractivity contribution is -0.384. The van der Waals surface area contributed by atoms with Gasteiger partial charge in [-0.25, -0.2) is 4.79 Å². The van der Waals surface area contributed by atoms with Crippen molar-refractivity contribution in [3.8, 4) is 0 Å². The third kappa shape index (κ3) is 3.26. The van der Waals surface area contributed by atoms with Gasteiger partial charge in [0.2, 0.25) is 0 Å². The van der Waals surface area contributed by atoms with E-state index < -0.39 is 10.9 Å². The lowest BCUT2D eigenvalue weighted by atomic mass is 9.87. The predicted molar refractivity (Wildman–Crippen MR) is 75.1 cm³/mol. The van der Waals surface area contributed by atoms with Gasteiger partial charge < -0.3 is 10.4 Å². The third-order valence-corrected chi connectivity index (χ3v) is 3.82. The smallest absolute Gasteiger partial charge is 0.335 e. The minimum absolute atomic E-state index is 0.0699. The maximum atomic E-state index is 11.1. The third-order valence-electron chi connectivity index (χ3n) is 3.82. The summed E-state index contributed by atoms with van der Waals surface area (Å²) >= 11 is 0. The standard InChI is InChI=1S/C14H18N2O4/c1-9-2-5-11(6-3-9)15-12-7-4-10(14(17)18)8-13(12)16(19)20/h4,7-9,11,15H,2-3,5-6H2,1H3,(H,17,18). The van der Waals surface area contributed by atoms with Gasteiger partial charge in [0.1, 0.15) is 5.69 Å². The highest BCUT2D eigenvalue weighted by atomic mass is 16.6. The van der Waals surface area contributed by atoms with Gasteiger partial charge in [-0.1, -0.05) is 6.92 Å². The highest BCUT2D eigenvalue weighted by Crippen LogP contribution is 2.30. The van der Waals surface area contributed by atoms with E-state index in [9.17, 15) is 14.9 Å². The Kier molecular flexibility index (Phi) is 4.22. The van der Waals surface area contributed by atoms with Gasteiger partial charge in [-0.05, 0) is 43.7 Å². The van der Waals surface area contributed by atoms with Crippen LogP contribution in [0.5, 0.6) is 0 Å². The quantitative estimate of drug-likeness (QED) is 0.651. The minimum Gasteiger partial charge on any atom is -0.478 e. The Morgan fingerprint density at radius 3 is 2.55 bits per heavy atom. The number of nitro benzene ring substituents is 1. The van der Waals surface area contributed by atoms with Crippen molar-refractivity contribution in [2.75, 3.05) is 5.32 Å². The first kappa shape index (κ1) is 14.3. The van der Waals surface area contributed by atoms with E-state index in [-0.39, 0.29) is 17.3 Å².